The van der Waals surface area contributed by atoms with Crippen LogP contribution in [0.15, 0.2) is 0 Å². The maximum atomic E-state index is 12.0. The van der Waals surface area contributed by atoms with Crippen molar-refractivity contribution in [2.75, 3.05) is 6.54 Å². The predicted octanol–water partition coefficient (Wildman–Crippen LogP) is 1.69. The van der Waals surface area contributed by atoms with E-state index in [2.05, 4.69) is 19.2 Å². The van der Waals surface area contributed by atoms with Gasteiger partial charge in [-0.05, 0) is 25.7 Å². The summed E-state index contributed by atoms with van der Waals surface area (Å²) >= 11 is 0. The molecule has 0 aromatic heterocycles. The summed E-state index contributed by atoms with van der Waals surface area (Å²) < 4.78 is 0. The molecule has 4 heteroatoms. The van der Waals surface area contributed by atoms with E-state index in [1.807, 2.05) is 13.8 Å². The molecule has 0 aliphatic carbocycles. The first-order valence-electron chi connectivity index (χ1n) is 6.50. The van der Waals surface area contributed by atoms with Crippen LogP contribution in [0.4, 0.5) is 0 Å². The molecule has 100 valence electrons. The lowest BCUT2D eigenvalue weighted by molar-refractivity contribution is -0.134. The summed E-state index contributed by atoms with van der Waals surface area (Å²) in [5.74, 6) is -0.648. The van der Waals surface area contributed by atoms with Crippen molar-refractivity contribution in [3.05, 3.63) is 0 Å². The van der Waals surface area contributed by atoms with Crippen molar-refractivity contribution in [2.24, 2.45) is 23.5 Å². The molecule has 0 aromatic rings. The fourth-order valence-electron chi connectivity index (χ4n) is 2.12. The van der Waals surface area contributed by atoms with E-state index in [4.69, 9.17) is 5.73 Å². The largest absolute Gasteiger partial charge is 0.369 e. The number of carbonyl (C=O) groups excluding carboxylic acids is 2. The number of hydrogen-bond acceptors (Lipinski definition) is 2. The second kappa shape index (κ2) is 8.09. The summed E-state index contributed by atoms with van der Waals surface area (Å²) in [6.07, 6.45) is 2.25. The van der Waals surface area contributed by atoms with E-state index in [1.54, 1.807) is 0 Å². The van der Waals surface area contributed by atoms with Gasteiger partial charge in [-0.1, -0.05) is 27.2 Å². The lowest BCUT2D eigenvalue weighted by Crippen LogP contribution is -2.41. The van der Waals surface area contributed by atoms with Gasteiger partial charge in [-0.25, -0.2) is 0 Å². The average molecular weight is 242 g/mol. The van der Waals surface area contributed by atoms with Crippen LogP contribution >= 0.6 is 0 Å². The highest BCUT2D eigenvalue weighted by Crippen LogP contribution is 2.24. The molecule has 0 saturated heterocycles. The van der Waals surface area contributed by atoms with E-state index < -0.39 is 0 Å². The Morgan fingerprint density at radius 3 is 2.12 bits per heavy atom. The molecule has 0 aliphatic heterocycles. The van der Waals surface area contributed by atoms with Crippen LogP contribution < -0.4 is 11.1 Å². The van der Waals surface area contributed by atoms with Crippen LogP contribution in [0, 0.1) is 17.8 Å². The Hall–Kier alpha value is -1.06. The van der Waals surface area contributed by atoms with Crippen LogP contribution in [0.3, 0.4) is 0 Å². The van der Waals surface area contributed by atoms with E-state index in [-0.39, 0.29) is 23.7 Å². The van der Waals surface area contributed by atoms with Crippen molar-refractivity contribution < 1.29 is 9.59 Å². The van der Waals surface area contributed by atoms with Crippen LogP contribution in [0.2, 0.25) is 0 Å². The van der Waals surface area contributed by atoms with Crippen LogP contribution in [0.1, 0.15) is 47.0 Å². The van der Waals surface area contributed by atoms with E-state index >= 15 is 0 Å². The van der Waals surface area contributed by atoms with Crippen molar-refractivity contribution in [3.63, 3.8) is 0 Å². The zero-order valence-electron chi connectivity index (χ0n) is 11.5. The molecule has 0 saturated carbocycles. The first kappa shape index (κ1) is 15.9. The van der Waals surface area contributed by atoms with Gasteiger partial charge in [0.2, 0.25) is 11.8 Å². The average Bonchev–Trinajstić information content (AvgIpc) is 2.22. The normalized spacial score (nSPS) is 14.4. The smallest absolute Gasteiger partial charge is 0.223 e. The zero-order chi connectivity index (χ0) is 13.4. The molecule has 0 fully saturated rings. The van der Waals surface area contributed by atoms with Gasteiger partial charge in [0.1, 0.15) is 0 Å². The summed E-state index contributed by atoms with van der Waals surface area (Å²) in [5.41, 5.74) is 5.41. The van der Waals surface area contributed by atoms with Crippen molar-refractivity contribution >= 4 is 11.8 Å². The predicted molar refractivity (Wildman–Crippen MR) is 69.2 cm³/mol. The molecule has 2 atom stereocenters. The number of amides is 2. The Labute approximate surface area is 104 Å². The second-order valence-corrected chi connectivity index (χ2v) is 4.93. The van der Waals surface area contributed by atoms with Gasteiger partial charge in [0.25, 0.3) is 0 Å². The third kappa shape index (κ3) is 5.71. The van der Waals surface area contributed by atoms with Gasteiger partial charge in [0.05, 0.1) is 0 Å². The minimum Gasteiger partial charge on any atom is -0.369 e. The van der Waals surface area contributed by atoms with E-state index in [0.29, 0.717) is 25.3 Å². The number of hydrogen-bond donors (Lipinski definition) is 2. The molecule has 0 spiro atoms. The summed E-state index contributed by atoms with van der Waals surface area (Å²) in [4.78, 5) is 23.4. The van der Waals surface area contributed by atoms with Crippen LogP contribution in [-0.2, 0) is 9.59 Å². The molecular formula is C13H26N2O2. The first-order chi connectivity index (χ1) is 7.93. The Morgan fingerprint density at radius 2 is 1.76 bits per heavy atom. The van der Waals surface area contributed by atoms with Crippen LogP contribution in [0.25, 0.3) is 0 Å². The molecule has 0 rings (SSSR count). The monoisotopic (exact) mass is 242 g/mol. The number of nitrogens with two attached hydrogens (primary N) is 1. The zero-order valence-corrected chi connectivity index (χ0v) is 11.5. The molecule has 3 N–H and O–H groups in total. The third-order valence-corrected chi connectivity index (χ3v) is 2.86. The Kier molecular flexibility index (Phi) is 7.59. The molecule has 0 aliphatic rings. The van der Waals surface area contributed by atoms with Crippen LogP contribution in [-0.4, -0.2) is 18.4 Å². The summed E-state index contributed by atoms with van der Waals surface area (Å²) in [7, 11) is 0. The first-order valence-corrected chi connectivity index (χ1v) is 6.50. The molecule has 4 nitrogen and oxygen atoms in total. The molecule has 0 bridgehead atoms. The van der Waals surface area contributed by atoms with Crippen molar-refractivity contribution in [1.82, 2.24) is 5.32 Å². The lowest BCUT2D eigenvalue weighted by Gasteiger charge is -2.25. The number of rotatable bonds is 8. The van der Waals surface area contributed by atoms with Gasteiger partial charge in [0, 0.05) is 18.4 Å². The minimum atomic E-state index is -0.358. The second-order valence-electron chi connectivity index (χ2n) is 4.93. The highest BCUT2D eigenvalue weighted by atomic mass is 16.2. The Balaban J connectivity index is 4.83. The van der Waals surface area contributed by atoms with E-state index in [9.17, 15) is 9.59 Å². The van der Waals surface area contributed by atoms with Gasteiger partial charge >= 0.3 is 0 Å². The molecule has 0 unspecified atom stereocenters. The van der Waals surface area contributed by atoms with Gasteiger partial charge in [-0.2, -0.15) is 0 Å². The molecule has 0 heterocycles. The van der Waals surface area contributed by atoms with Crippen molar-refractivity contribution in [1.29, 1.82) is 0 Å². The SMILES string of the molecule is CCC[C@H](C(N)=O)[C@@H](CC(C)C)C(=O)NCC. The molecule has 0 aromatic carbocycles. The van der Waals surface area contributed by atoms with Gasteiger partial charge < -0.3 is 11.1 Å². The number of primary amides is 1. The fraction of sp³-hybridized carbons (Fsp3) is 0.846. The van der Waals surface area contributed by atoms with Gasteiger partial charge in [-0.15, -0.1) is 0 Å². The number of nitrogens with one attached hydrogen (secondary N) is 1. The summed E-state index contributed by atoms with van der Waals surface area (Å²) in [6.45, 7) is 8.57. The Bertz CT molecular complexity index is 252. The quantitative estimate of drug-likeness (QED) is 0.680. The maximum Gasteiger partial charge on any atom is 0.223 e. The topological polar surface area (TPSA) is 72.2 Å². The van der Waals surface area contributed by atoms with E-state index in [0.717, 1.165) is 6.42 Å². The Morgan fingerprint density at radius 1 is 1.18 bits per heavy atom. The highest BCUT2D eigenvalue weighted by molar-refractivity contribution is 5.86. The molecule has 17 heavy (non-hydrogen) atoms. The van der Waals surface area contributed by atoms with E-state index in [1.165, 1.54) is 0 Å². The fourth-order valence-corrected chi connectivity index (χ4v) is 2.12. The van der Waals surface area contributed by atoms with Crippen molar-refractivity contribution in [3.8, 4) is 0 Å². The van der Waals surface area contributed by atoms with Gasteiger partial charge in [0.15, 0.2) is 0 Å². The van der Waals surface area contributed by atoms with Crippen molar-refractivity contribution in [2.45, 2.75) is 47.0 Å². The lowest BCUT2D eigenvalue weighted by atomic mass is 9.81. The minimum absolute atomic E-state index is 0.0431. The molecule has 0 radical (unpaired) electrons. The molecule has 2 amide bonds. The molecular weight excluding hydrogens is 216 g/mol. The standard InChI is InChI=1S/C13H26N2O2/c1-5-7-10(12(14)16)11(8-9(3)4)13(17)15-6-2/h9-11H,5-8H2,1-4H3,(H2,14,16)(H,15,17)/t10-,11+/m0/s1. The third-order valence-electron chi connectivity index (χ3n) is 2.86. The van der Waals surface area contributed by atoms with Gasteiger partial charge in [-0.3, -0.25) is 9.59 Å². The summed E-state index contributed by atoms with van der Waals surface area (Å²) in [6, 6.07) is 0. The van der Waals surface area contributed by atoms with Crippen LogP contribution in [0.5, 0.6) is 0 Å². The number of carbonyl (C=O) groups is 2. The maximum absolute atomic E-state index is 12.0. The highest BCUT2D eigenvalue weighted by Gasteiger charge is 2.31. The summed E-state index contributed by atoms with van der Waals surface area (Å²) in [5, 5.41) is 2.80.